The van der Waals surface area contributed by atoms with E-state index in [4.69, 9.17) is 0 Å². The molecule has 0 saturated carbocycles. The van der Waals surface area contributed by atoms with Gasteiger partial charge in [0.1, 0.15) is 5.75 Å². The lowest BCUT2D eigenvalue weighted by Crippen LogP contribution is -2.24. The highest BCUT2D eigenvalue weighted by Crippen LogP contribution is 2.25. The zero-order valence-electron chi connectivity index (χ0n) is 11.0. The number of carbonyl (C=O) groups is 2. The van der Waals surface area contributed by atoms with Crippen molar-refractivity contribution >= 4 is 11.9 Å². The summed E-state index contributed by atoms with van der Waals surface area (Å²) in [5, 5.41) is 9.81. The standard InChI is InChI=1S/C14H17NO4/c1-9-5-13(17)15(7-9)8-11-6-10(14(18)19-2)3-4-12(11)16/h3-4,6,9,16H,5,7-8H2,1-2H3/t9-/m1/s1. The summed E-state index contributed by atoms with van der Waals surface area (Å²) in [7, 11) is 1.31. The Kier molecular flexibility index (Phi) is 3.74. The molecular formula is C14H17NO4. The van der Waals surface area contributed by atoms with Crippen molar-refractivity contribution in [2.45, 2.75) is 19.9 Å². The molecule has 0 spiro atoms. The van der Waals surface area contributed by atoms with E-state index in [1.165, 1.54) is 19.2 Å². The molecule has 0 aliphatic carbocycles. The predicted molar refractivity (Wildman–Crippen MR) is 68.6 cm³/mol. The van der Waals surface area contributed by atoms with Crippen molar-refractivity contribution in [1.82, 2.24) is 4.90 Å². The molecule has 2 rings (SSSR count). The van der Waals surface area contributed by atoms with Crippen molar-refractivity contribution in [2.75, 3.05) is 13.7 Å². The molecule has 5 heteroatoms. The number of likely N-dealkylation sites (tertiary alicyclic amines) is 1. The van der Waals surface area contributed by atoms with Crippen LogP contribution in [0.2, 0.25) is 0 Å². The molecule has 1 aliphatic rings. The van der Waals surface area contributed by atoms with Crippen LogP contribution in [0.15, 0.2) is 18.2 Å². The molecule has 1 aromatic carbocycles. The van der Waals surface area contributed by atoms with E-state index in [1.54, 1.807) is 11.0 Å². The molecule has 5 nitrogen and oxygen atoms in total. The van der Waals surface area contributed by atoms with Gasteiger partial charge in [0.05, 0.1) is 12.7 Å². The highest BCUT2D eigenvalue weighted by molar-refractivity contribution is 5.89. The van der Waals surface area contributed by atoms with Gasteiger partial charge in [0.25, 0.3) is 0 Å². The fourth-order valence-electron chi connectivity index (χ4n) is 2.29. The lowest BCUT2D eigenvalue weighted by molar-refractivity contribution is -0.128. The first-order valence-corrected chi connectivity index (χ1v) is 6.19. The third kappa shape index (κ3) is 2.86. The van der Waals surface area contributed by atoms with E-state index in [2.05, 4.69) is 4.74 Å². The molecule has 0 unspecified atom stereocenters. The first-order chi connectivity index (χ1) is 9.01. The van der Waals surface area contributed by atoms with Crippen LogP contribution in [-0.2, 0) is 16.1 Å². The molecule has 19 heavy (non-hydrogen) atoms. The number of hydrogen-bond acceptors (Lipinski definition) is 4. The van der Waals surface area contributed by atoms with Gasteiger partial charge in [-0.1, -0.05) is 6.92 Å². The van der Waals surface area contributed by atoms with Gasteiger partial charge in [-0.2, -0.15) is 0 Å². The fourth-order valence-corrected chi connectivity index (χ4v) is 2.29. The number of benzene rings is 1. The number of amides is 1. The lowest BCUT2D eigenvalue weighted by atomic mass is 10.1. The van der Waals surface area contributed by atoms with Crippen LogP contribution in [0.4, 0.5) is 0 Å². The van der Waals surface area contributed by atoms with Gasteiger partial charge in [-0.3, -0.25) is 4.79 Å². The van der Waals surface area contributed by atoms with Crippen molar-refractivity contribution in [2.24, 2.45) is 5.92 Å². The van der Waals surface area contributed by atoms with Crippen molar-refractivity contribution < 1.29 is 19.4 Å². The maximum Gasteiger partial charge on any atom is 0.337 e. The lowest BCUT2D eigenvalue weighted by Gasteiger charge is -2.17. The summed E-state index contributed by atoms with van der Waals surface area (Å²) in [6.07, 6.45) is 0.539. The van der Waals surface area contributed by atoms with Gasteiger partial charge in [-0.05, 0) is 24.1 Å². The largest absolute Gasteiger partial charge is 0.508 e. The highest BCUT2D eigenvalue weighted by atomic mass is 16.5. The van der Waals surface area contributed by atoms with Crippen molar-refractivity contribution in [3.05, 3.63) is 29.3 Å². The average molecular weight is 263 g/mol. The number of methoxy groups -OCH3 is 1. The van der Waals surface area contributed by atoms with E-state index in [0.717, 1.165) is 0 Å². The summed E-state index contributed by atoms with van der Waals surface area (Å²) in [5.74, 6) is 0.0381. The molecule has 1 saturated heterocycles. The minimum atomic E-state index is -0.456. The van der Waals surface area contributed by atoms with Gasteiger partial charge in [-0.25, -0.2) is 4.79 Å². The van der Waals surface area contributed by atoms with Gasteiger partial charge in [-0.15, -0.1) is 0 Å². The summed E-state index contributed by atoms with van der Waals surface area (Å²) in [5.41, 5.74) is 0.931. The van der Waals surface area contributed by atoms with Crippen molar-refractivity contribution in [3.8, 4) is 5.75 Å². The van der Waals surface area contributed by atoms with Crippen LogP contribution in [-0.4, -0.2) is 35.5 Å². The first-order valence-electron chi connectivity index (χ1n) is 6.19. The Morgan fingerprint density at radius 3 is 2.84 bits per heavy atom. The number of phenolic OH excluding ortho intramolecular Hbond substituents is 1. The molecule has 0 aromatic heterocycles. The van der Waals surface area contributed by atoms with E-state index in [0.29, 0.717) is 36.6 Å². The predicted octanol–water partition coefficient (Wildman–Crippen LogP) is 1.55. The number of ether oxygens (including phenoxy) is 1. The number of rotatable bonds is 3. The van der Waals surface area contributed by atoms with Gasteiger partial charge in [0, 0.05) is 25.1 Å². The van der Waals surface area contributed by atoms with E-state index in [9.17, 15) is 14.7 Å². The average Bonchev–Trinajstić information content (AvgIpc) is 2.69. The van der Waals surface area contributed by atoms with Gasteiger partial charge < -0.3 is 14.7 Å². The SMILES string of the molecule is COC(=O)c1ccc(O)c(CN2C[C@H](C)CC2=O)c1. The summed E-state index contributed by atoms with van der Waals surface area (Å²) < 4.78 is 4.64. The topological polar surface area (TPSA) is 66.8 Å². The zero-order chi connectivity index (χ0) is 14.0. The van der Waals surface area contributed by atoms with Crippen LogP contribution in [0, 0.1) is 5.92 Å². The number of carbonyl (C=O) groups excluding carboxylic acids is 2. The molecule has 0 bridgehead atoms. The van der Waals surface area contributed by atoms with Crippen LogP contribution < -0.4 is 0 Å². The molecule has 1 aromatic rings. The Hall–Kier alpha value is -2.04. The van der Waals surface area contributed by atoms with E-state index in [-0.39, 0.29) is 11.7 Å². The second-order valence-electron chi connectivity index (χ2n) is 4.92. The molecule has 1 amide bonds. The molecule has 1 heterocycles. The van der Waals surface area contributed by atoms with Crippen LogP contribution in [0.25, 0.3) is 0 Å². The number of esters is 1. The van der Waals surface area contributed by atoms with Crippen molar-refractivity contribution in [3.63, 3.8) is 0 Å². The number of phenols is 1. The summed E-state index contributed by atoms with van der Waals surface area (Å²) in [4.78, 5) is 24.9. The number of hydrogen-bond donors (Lipinski definition) is 1. The third-order valence-electron chi connectivity index (χ3n) is 3.27. The number of nitrogens with zero attached hydrogens (tertiary/aromatic N) is 1. The normalized spacial score (nSPS) is 18.7. The Labute approximate surface area is 111 Å². The molecule has 1 N–H and O–H groups in total. The van der Waals surface area contributed by atoms with Gasteiger partial charge in [0.15, 0.2) is 0 Å². The molecule has 0 radical (unpaired) electrons. The molecule has 1 atom stereocenters. The molecule has 1 fully saturated rings. The monoisotopic (exact) mass is 263 g/mol. The second kappa shape index (κ2) is 5.30. The van der Waals surface area contributed by atoms with Gasteiger partial charge in [0.2, 0.25) is 5.91 Å². The minimum Gasteiger partial charge on any atom is -0.508 e. The van der Waals surface area contributed by atoms with E-state index in [1.807, 2.05) is 6.92 Å². The van der Waals surface area contributed by atoms with Gasteiger partial charge >= 0.3 is 5.97 Å². The Balaban J connectivity index is 2.20. The summed E-state index contributed by atoms with van der Waals surface area (Å²) in [6.45, 7) is 3.02. The Morgan fingerprint density at radius 1 is 1.53 bits per heavy atom. The van der Waals surface area contributed by atoms with Crippen LogP contribution in [0.3, 0.4) is 0 Å². The summed E-state index contributed by atoms with van der Waals surface area (Å²) in [6, 6.07) is 4.52. The quantitative estimate of drug-likeness (QED) is 0.840. The van der Waals surface area contributed by atoms with E-state index < -0.39 is 5.97 Å². The van der Waals surface area contributed by atoms with Crippen LogP contribution >= 0.6 is 0 Å². The molecular weight excluding hydrogens is 246 g/mol. The van der Waals surface area contributed by atoms with Crippen LogP contribution in [0.1, 0.15) is 29.3 Å². The van der Waals surface area contributed by atoms with Crippen LogP contribution in [0.5, 0.6) is 5.75 Å². The smallest absolute Gasteiger partial charge is 0.337 e. The zero-order valence-corrected chi connectivity index (χ0v) is 11.0. The second-order valence-corrected chi connectivity index (χ2v) is 4.92. The van der Waals surface area contributed by atoms with E-state index >= 15 is 0 Å². The van der Waals surface area contributed by atoms with Crippen molar-refractivity contribution in [1.29, 1.82) is 0 Å². The summed E-state index contributed by atoms with van der Waals surface area (Å²) >= 11 is 0. The highest BCUT2D eigenvalue weighted by Gasteiger charge is 2.27. The Bertz CT molecular complexity index is 512. The maximum atomic E-state index is 11.7. The Morgan fingerprint density at radius 2 is 2.26 bits per heavy atom. The fraction of sp³-hybridized carbons (Fsp3) is 0.429. The minimum absolute atomic E-state index is 0.0790. The first kappa shape index (κ1) is 13.4. The molecule has 1 aliphatic heterocycles. The molecule has 102 valence electrons. The maximum absolute atomic E-state index is 11.7. The third-order valence-corrected chi connectivity index (χ3v) is 3.27. The number of aromatic hydroxyl groups is 1.